The zero-order chi connectivity index (χ0) is 40.7. The Morgan fingerprint density at radius 1 is 0.500 bits per heavy atom. The van der Waals surface area contributed by atoms with E-state index in [1.165, 1.54) is 0 Å². The summed E-state index contributed by atoms with van der Waals surface area (Å²) in [5, 5.41) is 0. The molecule has 300 valence electrons. The first-order valence-corrected chi connectivity index (χ1v) is 17.7. The van der Waals surface area contributed by atoms with E-state index in [1.54, 1.807) is 119 Å². The molecule has 0 amide bonds. The second-order valence-electron chi connectivity index (χ2n) is 17.7. The lowest BCUT2D eigenvalue weighted by atomic mass is 10.2. The molecule has 0 aromatic carbocycles. The zero-order valence-electron chi connectivity index (χ0n) is 34.6. The van der Waals surface area contributed by atoms with Gasteiger partial charge in [-0.25, -0.2) is 0 Å². The Morgan fingerprint density at radius 3 is 1.10 bits per heavy atom. The molecule has 0 radical (unpaired) electrons. The van der Waals surface area contributed by atoms with Gasteiger partial charge in [-0.15, -0.1) is 6.42 Å². The molecule has 0 aromatic heterocycles. The van der Waals surface area contributed by atoms with Gasteiger partial charge in [-0.3, -0.25) is 38.7 Å². The summed E-state index contributed by atoms with van der Waals surface area (Å²) in [6.45, 7) is 25.1. The first-order chi connectivity index (χ1) is 23.4. The highest BCUT2D eigenvalue weighted by atomic mass is 16.6. The third kappa shape index (κ3) is 27.4. The van der Waals surface area contributed by atoms with E-state index >= 15 is 0 Å². The van der Waals surface area contributed by atoms with Gasteiger partial charge in [0.25, 0.3) is 0 Å². The number of nitrogens with zero attached hydrogens (tertiary/aromatic N) is 3. The Labute approximate surface area is 312 Å². The van der Waals surface area contributed by atoms with Crippen LogP contribution in [0.15, 0.2) is 0 Å². The quantitative estimate of drug-likeness (QED) is 0.0821. The van der Waals surface area contributed by atoms with Gasteiger partial charge in [-0.05, 0) is 104 Å². The second-order valence-corrected chi connectivity index (χ2v) is 17.7. The Balaban J connectivity index is 6.75. The zero-order valence-corrected chi connectivity index (χ0v) is 34.6. The van der Waals surface area contributed by atoms with Crippen molar-refractivity contribution < 1.29 is 52.4 Å². The molecule has 0 saturated heterocycles. The topological polar surface area (TPSA) is 150 Å². The fourth-order valence-electron chi connectivity index (χ4n) is 4.62. The summed E-state index contributed by atoms with van der Waals surface area (Å²) in [4.78, 5) is 70.2. The van der Waals surface area contributed by atoms with Crippen LogP contribution in [0.25, 0.3) is 0 Å². The van der Waals surface area contributed by atoms with Gasteiger partial charge in [0, 0.05) is 25.7 Å². The lowest BCUT2D eigenvalue weighted by Crippen LogP contribution is -2.53. The van der Waals surface area contributed by atoms with Gasteiger partial charge in [0.1, 0.15) is 34.6 Å². The molecule has 0 rings (SSSR count). The van der Waals surface area contributed by atoms with Crippen LogP contribution in [-0.2, 0) is 52.4 Å². The Morgan fingerprint density at radius 2 is 0.788 bits per heavy atom. The van der Waals surface area contributed by atoms with Gasteiger partial charge in [0.05, 0.1) is 39.3 Å². The fourth-order valence-corrected chi connectivity index (χ4v) is 4.62. The highest BCUT2D eigenvalue weighted by Gasteiger charge is 2.32. The van der Waals surface area contributed by atoms with Gasteiger partial charge in [0.15, 0.2) is 0 Å². The maximum Gasteiger partial charge on any atom is 0.320 e. The summed E-state index contributed by atoms with van der Waals surface area (Å²) in [6.07, 6.45) is 5.46. The normalized spacial score (nSPS) is 13.4. The first-order valence-electron chi connectivity index (χ1n) is 17.7. The predicted octanol–water partition coefficient (Wildman–Crippen LogP) is 3.62. The Hall–Kier alpha value is -3.25. The van der Waals surface area contributed by atoms with Crippen molar-refractivity contribution in [2.24, 2.45) is 0 Å². The highest BCUT2D eigenvalue weighted by molar-refractivity contribution is 5.76. The monoisotopic (exact) mass is 741 g/mol. The smallest absolute Gasteiger partial charge is 0.320 e. The molecule has 52 heavy (non-hydrogen) atoms. The molecule has 0 aliphatic heterocycles. The van der Waals surface area contributed by atoms with Gasteiger partial charge in [0.2, 0.25) is 0 Å². The van der Waals surface area contributed by atoms with Gasteiger partial charge < -0.3 is 28.4 Å². The molecule has 0 aromatic rings. The number of ether oxygens (including phenoxy) is 6. The van der Waals surface area contributed by atoms with E-state index < -0.39 is 63.9 Å². The molecule has 14 nitrogen and oxygen atoms in total. The van der Waals surface area contributed by atoms with Crippen LogP contribution in [0.4, 0.5) is 0 Å². The van der Waals surface area contributed by atoms with Crippen LogP contribution >= 0.6 is 0 Å². The molecule has 0 aliphatic rings. The van der Waals surface area contributed by atoms with Crippen molar-refractivity contribution in [1.82, 2.24) is 14.7 Å². The number of terminal acetylenes is 1. The van der Waals surface area contributed by atoms with Gasteiger partial charge in [-0.2, -0.15) is 0 Å². The van der Waals surface area contributed by atoms with Gasteiger partial charge >= 0.3 is 29.8 Å². The SMILES string of the molecule is C#CCOC[C@@H](CN(CCN(CC(=O)OC(C)(C)C)CC(=O)OC(C)(C)C)CC(=O)OC(C)(C)C)N(CC(=O)OC(C)(C)C)CC(=O)OC(C)(C)C. The lowest BCUT2D eigenvalue weighted by Gasteiger charge is -2.36. The third-order valence-corrected chi connectivity index (χ3v) is 6.04. The summed E-state index contributed by atoms with van der Waals surface area (Å²) in [5.74, 6) is -0.377. The molecular weight excluding hydrogens is 674 g/mol. The largest absolute Gasteiger partial charge is 0.459 e. The highest BCUT2D eigenvalue weighted by Crippen LogP contribution is 2.15. The molecule has 0 aliphatic carbocycles. The third-order valence-electron chi connectivity index (χ3n) is 6.04. The van der Waals surface area contributed by atoms with E-state index in [0.29, 0.717) is 0 Å². The van der Waals surface area contributed by atoms with Crippen LogP contribution in [-0.4, -0.2) is 144 Å². The fraction of sp³-hybridized carbons (Fsp3) is 0.816. The van der Waals surface area contributed by atoms with Crippen molar-refractivity contribution in [3.05, 3.63) is 0 Å². The molecule has 0 bridgehead atoms. The molecule has 0 N–H and O–H groups in total. The number of hydrogen-bond acceptors (Lipinski definition) is 14. The second kappa shape index (κ2) is 20.8. The van der Waals surface area contributed by atoms with E-state index in [4.69, 9.17) is 34.8 Å². The van der Waals surface area contributed by atoms with E-state index in [-0.39, 0.29) is 65.6 Å². The summed E-state index contributed by atoms with van der Waals surface area (Å²) in [5.41, 5.74) is -3.88. The number of carbonyl (C=O) groups is 5. The van der Waals surface area contributed by atoms with Crippen LogP contribution in [0.3, 0.4) is 0 Å². The average Bonchev–Trinajstić information content (AvgIpc) is 2.85. The summed E-state index contributed by atoms with van der Waals surface area (Å²) in [6, 6.07) is -0.694. The standard InChI is InChI=1S/C38H67N3O11/c1-17-20-47-27-28(41(25-32(45)51-37(11,12)13)26-33(46)52-38(14,15)16)21-39(22-29(42)48-34(2,3)4)18-19-40(23-30(43)49-35(5,6)7)24-31(44)50-36(8,9)10/h1,28H,18-27H2,2-16H3/t28-/m1/s1. The maximum atomic E-state index is 13.2. The lowest BCUT2D eigenvalue weighted by molar-refractivity contribution is -0.163. The average molecular weight is 742 g/mol. The number of hydrogen-bond donors (Lipinski definition) is 0. The minimum absolute atomic E-state index is 0.0276. The van der Waals surface area contributed by atoms with E-state index in [1.807, 2.05) is 0 Å². The van der Waals surface area contributed by atoms with Crippen LogP contribution in [0.2, 0.25) is 0 Å². The van der Waals surface area contributed by atoms with E-state index in [0.717, 1.165) is 0 Å². The number of esters is 5. The molecule has 1 atom stereocenters. The first kappa shape index (κ1) is 48.8. The molecule has 0 saturated carbocycles. The minimum Gasteiger partial charge on any atom is -0.459 e. The van der Waals surface area contributed by atoms with Crippen LogP contribution < -0.4 is 0 Å². The minimum atomic E-state index is -0.793. The summed E-state index contributed by atoms with van der Waals surface area (Å²) >= 11 is 0. The molecule has 14 heteroatoms. The molecule has 0 spiro atoms. The van der Waals surface area contributed by atoms with Crippen molar-refractivity contribution in [1.29, 1.82) is 0 Å². The van der Waals surface area contributed by atoms with Crippen molar-refractivity contribution in [3.63, 3.8) is 0 Å². The Bertz CT molecular complexity index is 1150. The van der Waals surface area contributed by atoms with Crippen molar-refractivity contribution in [2.75, 3.05) is 65.6 Å². The van der Waals surface area contributed by atoms with E-state index in [2.05, 4.69) is 5.92 Å². The summed E-state index contributed by atoms with van der Waals surface area (Å²) < 4.78 is 33.6. The van der Waals surface area contributed by atoms with Gasteiger partial charge in [-0.1, -0.05) is 5.92 Å². The van der Waals surface area contributed by atoms with Crippen molar-refractivity contribution in [2.45, 2.75) is 138 Å². The molecular formula is C38H67N3O11. The van der Waals surface area contributed by atoms with Crippen LogP contribution in [0.5, 0.6) is 0 Å². The number of rotatable bonds is 19. The molecule has 0 heterocycles. The summed E-state index contributed by atoms with van der Waals surface area (Å²) in [7, 11) is 0. The number of carbonyl (C=O) groups excluding carboxylic acids is 5. The molecule has 0 unspecified atom stereocenters. The van der Waals surface area contributed by atoms with Crippen LogP contribution in [0, 0.1) is 12.3 Å². The van der Waals surface area contributed by atoms with Crippen molar-refractivity contribution in [3.8, 4) is 12.3 Å². The maximum absolute atomic E-state index is 13.2. The van der Waals surface area contributed by atoms with E-state index in [9.17, 15) is 24.0 Å². The molecule has 0 fully saturated rings. The predicted molar refractivity (Wildman–Crippen MR) is 197 cm³/mol. The van der Waals surface area contributed by atoms with Crippen LogP contribution in [0.1, 0.15) is 104 Å². The Kier molecular flexibility index (Phi) is 19.5. The van der Waals surface area contributed by atoms with Crippen molar-refractivity contribution >= 4 is 29.8 Å².